The molecule has 176 valence electrons. The van der Waals surface area contributed by atoms with Gasteiger partial charge in [-0.25, -0.2) is 0 Å². The second kappa shape index (κ2) is 8.70. The zero-order valence-electron chi connectivity index (χ0n) is 19.5. The van der Waals surface area contributed by atoms with Crippen LogP contribution in [0.5, 0.6) is 5.75 Å². The van der Waals surface area contributed by atoms with Gasteiger partial charge in [0.25, 0.3) is 0 Å². The zero-order valence-corrected chi connectivity index (χ0v) is 20.3. The maximum Gasteiger partial charge on any atom is 0.249 e. The fourth-order valence-electron chi connectivity index (χ4n) is 6.55. The van der Waals surface area contributed by atoms with Crippen LogP contribution in [0.15, 0.2) is 24.3 Å². The molecule has 2 N–H and O–H groups in total. The molecule has 4 aliphatic carbocycles. The Morgan fingerprint density at radius 3 is 2.36 bits per heavy atom. The van der Waals surface area contributed by atoms with Crippen LogP contribution < -0.4 is 15.4 Å². The summed E-state index contributed by atoms with van der Waals surface area (Å²) in [4.78, 5) is 26.6. The van der Waals surface area contributed by atoms with E-state index in [1.54, 1.807) is 7.11 Å². The van der Waals surface area contributed by atoms with E-state index in [0.717, 1.165) is 30.6 Å². The predicted molar refractivity (Wildman–Crippen MR) is 128 cm³/mol. The van der Waals surface area contributed by atoms with Crippen LogP contribution in [-0.2, 0) is 9.59 Å². The third-order valence-corrected chi connectivity index (χ3v) is 8.62. The summed E-state index contributed by atoms with van der Waals surface area (Å²) in [6.45, 7) is 3.93. The molecule has 4 fully saturated rings. The third-order valence-electron chi connectivity index (χ3n) is 7.73. The minimum Gasteiger partial charge on any atom is -0.497 e. The number of amides is 2. The van der Waals surface area contributed by atoms with Crippen LogP contribution in [0.3, 0.4) is 0 Å². The first-order chi connectivity index (χ1) is 15.8. The number of aromatic nitrogens is 2. The number of ether oxygens (including phenoxy) is 1. The Labute approximate surface area is 198 Å². The summed E-state index contributed by atoms with van der Waals surface area (Å²) in [5, 5.41) is 15.5. The van der Waals surface area contributed by atoms with E-state index in [0.29, 0.717) is 27.9 Å². The van der Waals surface area contributed by atoms with Crippen LogP contribution in [0, 0.1) is 29.1 Å². The molecule has 1 aromatic heterocycles. The molecule has 0 aliphatic heterocycles. The fraction of sp³-hybridized carbons (Fsp3) is 0.600. The smallest absolute Gasteiger partial charge is 0.249 e. The predicted octanol–water partition coefficient (Wildman–Crippen LogP) is 4.51. The first-order valence-corrected chi connectivity index (χ1v) is 12.8. The number of hydrogen-bond donors (Lipinski definition) is 2. The molecule has 33 heavy (non-hydrogen) atoms. The molecule has 4 bridgehead atoms. The molecule has 1 aromatic carbocycles. The number of rotatable bonds is 7. The normalized spacial score (nSPS) is 28.5. The first-order valence-electron chi connectivity index (χ1n) is 11.9. The van der Waals surface area contributed by atoms with Gasteiger partial charge in [-0.3, -0.25) is 14.9 Å². The largest absolute Gasteiger partial charge is 0.497 e. The van der Waals surface area contributed by atoms with Gasteiger partial charge in [0, 0.05) is 11.0 Å². The third kappa shape index (κ3) is 4.37. The van der Waals surface area contributed by atoms with Gasteiger partial charge in [0.15, 0.2) is 0 Å². The maximum atomic E-state index is 13.5. The number of methoxy groups -OCH3 is 1. The van der Waals surface area contributed by atoms with Gasteiger partial charge in [-0.15, -0.1) is 10.2 Å². The Bertz CT molecular complexity index is 1010. The minimum absolute atomic E-state index is 0.0337. The van der Waals surface area contributed by atoms with Crippen molar-refractivity contribution >= 4 is 28.3 Å². The summed E-state index contributed by atoms with van der Waals surface area (Å²) in [6, 6.07) is 6.97. The minimum atomic E-state index is -0.602. The van der Waals surface area contributed by atoms with E-state index in [4.69, 9.17) is 4.74 Å². The van der Waals surface area contributed by atoms with Gasteiger partial charge < -0.3 is 10.1 Å². The van der Waals surface area contributed by atoms with E-state index < -0.39 is 6.04 Å². The Morgan fingerprint density at radius 2 is 1.76 bits per heavy atom. The lowest BCUT2D eigenvalue weighted by molar-refractivity contribution is -0.148. The first kappa shape index (κ1) is 22.3. The van der Waals surface area contributed by atoms with Gasteiger partial charge in [0.05, 0.1) is 7.11 Å². The van der Waals surface area contributed by atoms with Crippen molar-refractivity contribution in [1.82, 2.24) is 15.5 Å². The van der Waals surface area contributed by atoms with Crippen LogP contribution in [0.25, 0.3) is 10.6 Å². The Morgan fingerprint density at radius 1 is 1.09 bits per heavy atom. The molecule has 0 spiro atoms. The highest BCUT2D eigenvalue weighted by atomic mass is 32.1. The molecule has 4 saturated carbocycles. The number of benzene rings is 1. The van der Waals surface area contributed by atoms with E-state index in [1.807, 2.05) is 38.1 Å². The van der Waals surface area contributed by atoms with Crippen molar-refractivity contribution in [2.75, 3.05) is 12.4 Å². The molecule has 1 unspecified atom stereocenters. The van der Waals surface area contributed by atoms with Crippen molar-refractivity contribution in [3.63, 3.8) is 0 Å². The standard InChI is InChI=1S/C25H32N4O3S/c1-14(2)20(26-23(31)25-11-15-7-16(12-25)9-17(8-15)13-25)21(30)27-24-29-28-22(33-24)18-5-4-6-19(10-18)32-3/h4-6,10,14-17,20H,7-9,11-13H2,1-3H3,(H,26,31)(H,27,29,30). The molecule has 1 heterocycles. The van der Waals surface area contributed by atoms with E-state index in [1.165, 1.54) is 30.6 Å². The SMILES string of the molecule is COc1cccc(-c2nnc(NC(=O)C(NC(=O)C34CC5CC(CC(C5)C3)C4)C(C)C)s2)c1. The van der Waals surface area contributed by atoms with Gasteiger partial charge in [0.1, 0.15) is 16.8 Å². The molecule has 2 amide bonds. The van der Waals surface area contributed by atoms with Crippen molar-refractivity contribution in [3.8, 4) is 16.3 Å². The molecular formula is C25H32N4O3S. The molecule has 2 aromatic rings. The molecule has 8 heteroatoms. The lowest BCUT2D eigenvalue weighted by Crippen LogP contribution is -2.57. The van der Waals surface area contributed by atoms with E-state index in [-0.39, 0.29) is 23.1 Å². The molecular weight excluding hydrogens is 436 g/mol. The highest BCUT2D eigenvalue weighted by Gasteiger charge is 2.55. The van der Waals surface area contributed by atoms with E-state index in [9.17, 15) is 9.59 Å². The van der Waals surface area contributed by atoms with Gasteiger partial charge in [-0.2, -0.15) is 0 Å². The fourth-order valence-corrected chi connectivity index (χ4v) is 7.29. The molecule has 0 saturated heterocycles. The van der Waals surface area contributed by atoms with Crippen LogP contribution in [0.1, 0.15) is 52.4 Å². The number of nitrogens with one attached hydrogen (secondary N) is 2. The number of nitrogens with zero attached hydrogens (tertiary/aromatic N) is 2. The summed E-state index contributed by atoms with van der Waals surface area (Å²) in [5.41, 5.74) is 0.604. The summed E-state index contributed by atoms with van der Waals surface area (Å²) in [6.07, 6.45) is 6.81. The topological polar surface area (TPSA) is 93.2 Å². The van der Waals surface area contributed by atoms with Crippen molar-refractivity contribution < 1.29 is 14.3 Å². The average Bonchev–Trinajstić information content (AvgIpc) is 3.24. The van der Waals surface area contributed by atoms with Gasteiger partial charge >= 0.3 is 0 Å². The second-order valence-corrected chi connectivity index (χ2v) is 11.5. The van der Waals surface area contributed by atoms with Crippen molar-refractivity contribution in [2.24, 2.45) is 29.1 Å². The zero-order chi connectivity index (χ0) is 23.2. The number of hydrogen-bond acceptors (Lipinski definition) is 6. The Balaban J connectivity index is 1.27. The highest BCUT2D eigenvalue weighted by molar-refractivity contribution is 7.18. The molecule has 7 nitrogen and oxygen atoms in total. The van der Waals surface area contributed by atoms with E-state index in [2.05, 4.69) is 20.8 Å². The van der Waals surface area contributed by atoms with Crippen LogP contribution in [0.4, 0.5) is 5.13 Å². The highest BCUT2D eigenvalue weighted by Crippen LogP contribution is 2.60. The molecule has 6 rings (SSSR count). The number of anilines is 1. The summed E-state index contributed by atoms with van der Waals surface area (Å²) in [5.74, 6) is 2.59. The lowest BCUT2D eigenvalue weighted by Gasteiger charge is -2.55. The number of carbonyl (C=O) groups is 2. The van der Waals surface area contributed by atoms with Gasteiger partial charge in [-0.1, -0.05) is 37.3 Å². The molecule has 1 atom stereocenters. The van der Waals surface area contributed by atoms with Crippen molar-refractivity contribution in [2.45, 2.75) is 58.4 Å². The van der Waals surface area contributed by atoms with Crippen LogP contribution in [0.2, 0.25) is 0 Å². The summed E-state index contributed by atoms with van der Waals surface area (Å²) >= 11 is 1.31. The summed E-state index contributed by atoms with van der Waals surface area (Å²) in [7, 11) is 1.62. The Kier molecular flexibility index (Phi) is 5.89. The van der Waals surface area contributed by atoms with Crippen molar-refractivity contribution in [1.29, 1.82) is 0 Å². The monoisotopic (exact) mass is 468 g/mol. The average molecular weight is 469 g/mol. The van der Waals surface area contributed by atoms with Crippen LogP contribution >= 0.6 is 11.3 Å². The summed E-state index contributed by atoms with van der Waals surface area (Å²) < 4.78 is 5.28. The molecule has 0 radical (unpaired) electrons. The maximum absolute atomic E-state index is 13.5. The van der Waals surface area contributed by atoms with E-state index >= 15 is 0 Å². The second-order valence-electron chi connectivity index (χ2n) is 10.5. The van der Waals surface area contributed by atoms with Crippen molar-refractivity contribution in [3.05, 3.63) is 24.3 Å². The molecule has 4 aliphatic rings. The quantitative estimate of drug-likeness (QED) is 0.624. The van der Waals surface area contributed by atoms with Crippen LogP contribution in [-0.4, -0.2) is 35.2 Å². The van der Waals surface area contributed by atoms with Gasteiger partial charge in [0.2, 0.25) is 16.9 Å². The van der Waals surface area contributed by atoms with Gasteiger partial charge in [-0.05, 0) is 74.3 Å². The lowest BCUT2D eigenvalue weighted by atomic mass is 9.49. The Hall–Kier alpha value is -2.48. The number of carbonyl (C=O) groups excluding carboxylic acids is 2.